The predicted molar refractivity (Wildman–Crippen MR) is 97.1 cm³/mol. The Kier molecular flexibility index (Phi) is 10.7. The first kappa shape index (κ1) is 18.6. The van der Waals surface area contributed by atoms with Crippen LogP contribution in [0.25, 0.3) is 0 Å². The van der Waals surface area contributed by atoms with Crippen LogP contribution in [0, 0.1) is 5.92 Å². The molecular formula is C19H33NS. The molecule has 0 aliphatic heterocycles. The lowest BCUT2D eigenvalue weighted by Crippen LogP contribution is -2.18. The molecule has 0 atom stereocenters. The second kappa shape index (κ2) is 12.1. The van der Waals surface area contributed by atoms with Crippen molar-refractivity contribution in [1.82, 2.24) is 5.32 Å². The molecule has 1 aromatic carbocycles. The van der Waals surface area contributed by atoms with Crippen LogP contribution in [-0.4, -0.2) is 12.3 Å². The average molecular weight is 308 g/mol. The van der Waals surface area contributed by atoms with E-state index in [-0.39, 0.29) is 0 Å². The van der Waals surface area contributed by atoms with E-state index in [4.69, 9.17) is 0 Å². The highest BCUT2D eigenvalue weighted by Gasteiger charge is 1.99. The SMILES string of the molecule is CCCCCCCCSc1cccc(CNCC(C)C)c1. The summed E-state index contributed by atoms with van der Waals surface area (Å²) in [6, 6.07) is 9.00. The van der Waals surface area contributed by atoms with E-state index in [1.807, 2.05) is 11.8 Å². The second-order valence-corrected chi connectivity index (χ2v) is 7.46. The van der Waals surface area contributed by atoms with Gasteiger partial charge in [-0.1, -0.05) is 65.0 Å². The predicted octanol–water partition coefficient (Wildman–Crippen LogP) is 5.88. The third-order valence-corrected chi connectivity index (χ3v) is 4.63. The van der Waals surface area contributed by atoms with Gasteiger partial charge >= 0.3 is 0 Å². The minimum atomic E-state index is 0.718. The molecule has 0 fully saturated rings. The molecule has 2 heteroatoms. The first-order valence-electron chi connectivity index (χ1n) is 8.64. The molecule has 0 aliphatic carbocycles. The van der Waals surface area contributed by atoms with E-state index < -0.39 is 0 Å². The van der Waals surface area contributed by atoms with Crippen molar-refractivity contribution in [2.45, 2.75) is 70.7 Å². The van der Waals surface area contributed by atoms with Gasteiger partial charge in [0, 0.05) is 11.4 Å². The number of benzene rings is 1. The van der Waals surface area contributed by atoms with Gasteiger partial charge in [0.15, 0.2) is 0 Å². The molecule has 0 heterocycles. The van der Waals surface area contributed by atoms with Crippen LogP contribution in [0.5, 0.6) is 0 Å². The van der Waals surface area contributed by atoms with Crippen molar-refractivity contribution < 1.29 is 0 Å². The number of thioether (sulfide) groups is 1. The highest BCUT2D eigenvalue weighted by Crippen LogP contribution is 2.21. The molecule has 0 amide bonds. The zero-order valence-electron chi connectivity index (χ0n) is 14.2. The number of hydrogen-bond donors (Lipinski definition) is 1. The number of rotatable bonds is 12. The molecular weight excluding hydrogens is 274 g/mol. The monoisotopic (exact) mass is 307 g/mol. The Morgan fingerprint density at radius 2 is 1.81 bits per heavy atom. The van der Waals surface area contributed by atoms with Crippen molar-refractivity contribution in [3.05, 3.63) is 29.8 Å². The van der Waals surface area contributed by atoms with Crippen molar-refractivity contribution >= 4 is 11.8 Å². The average Bonchev–Trinajstić information content (AvgIpc) is 2.46. The molecule has 21 heavy (non-hydrogen) atoms. The molecule has 0 aliphatic rings. The molecule has 0 saturated heterocycles. The smallest absolute Gasteiger partial charge is 0.0206 e. The van der Waals surface area contributed by atoms with Crippen LogP contribution in [-0.2, 0) is 6.54 Å². The minimum absolute atomic E-state index is 0.718. The van der Waals surface area contributed by atoms with Gasteiger partial charge in [-0.15, -0.1) is 11.8 Å². The van der Waals surface area contributed by atoms with E-state index in [1.54, 1.807) is 0 Å². The third-order valence-electron chi connectivity index (χ3n) is 3.55. The zero-order chi connectivity index (χ0) is 15.3. The van der Waals surface area contributed by atoms with Gasteiger partial charge in [-0.2, -0.15) is 0 Å². The quantitative estimate of drug-likeness (QED) is 0.382. The molecule has 0 spiro atoms. The molecule has 120 valence electrons. The Morgan fingerprint density at radius 3 is 2.57 bits per heavy atom. The zero-order valence-corrected chi connectivity index (χ0v) is 15.0. The van der Waals surface area contributed by atoms with Crippen molar-refractivity contribution in [3.8, 4) is 0 Å². The van der Waals surface area contributed by atoms with Gasteiger partial charge in [0.1, 0.15) is 0 Å². The Bertz CT molecular complexity index is 362. The highest BCUT2D eigenvalue weighted by molar-refractivity contribution is 7.99. The molecule has 0 bridgehead atoms. The third kappa shape index (κ3) is 9.97. The maximum Gasteiger partial charge on any atom is 0.0206 e. The summed E-state index contributed by atoms with van der Waals surface area (Å²) in [7, 11) is 0. The largest absolute Gasteiger partial charge is 0.312 e. The first-order chi connectivity index (χ1) is 10.2. The van der Waals surface area contributed by atoms with E-state index >= 15 is 0 Å². The Morgan fingerprint density at radius 1 is 1.05 bits per heavy atom. The summed E-state index contributed by atoms with van der Waals surface area (Å²) in [4.78, 5) is 1.42. The summed E-state index contributed by atoms with van der Waals surface area (Å²) in [5.41, 5.74) is 1.41. The Balaban J connectivity index is 2.17. The number of nitrogens with one attached hydrogen (secondary N) is 1. The molecule has 0 radical (unpaired) electrons. The molecule has 1 nitrogen and oxygen atoms in total. The van der Waals surface area contributed by atoms with Gasteiger partial charge in [-0.25, -0.2) is 0 Å². The molecule has 0 aromatic heterocycles. The second-order valence-electron chi connectivity index (χ2n) is 6.29. The molecule has 0 unspecified atom stereocenters. The summed E-state index contributed by atoms with van der Waals surface area (Å²) < 4.78 is 0. The van der Waals surface area contributed by atoms with Crippen LogP contribution < -0.4 is 5.32 Å². The maximum atomic E-state index is 3.52. The fourth-order valence-electron chi connectivity index (χ4n) is 2.32. The summed E-state index contributed by atoms with van der Waals surface area (Å²) in [6.45, 7) is 8.86. The van der Waals surface area contributed by atoms with Crippen molar-refractivity contribution in [2.24, 2.45) is 5.92 Å². The van der Waals surface area contributed by atoms with Gasteiger partial charge in [-0.05, 0) is 42.3 Å². The fourth-order valence-corrected chi connectivity index (χ4v) is 3.32. The first-order valence-corrected chi connectivity index (χ1v) is 9.63. The normalized spacial score (nSPS) is 11.2. The number of hydrogen-bond acceptors (Lipinski definition) is 2. The van der Waals surface area contributed by atoms with Crippen LogP contribution >= 0.6 is 11.8 Å². The summed E-state index contributed by atoms with van der Waals surface area (Å²) in [6.07, 6.45) is 8.31. The van der Waals surface area contributed by atoms with Crippen molar-refractivity contribution in [1.29, 1.82) is 0 Å². The molecule has 1 aromatic rings. The van der Waals surface area contributed by atoms with Gasteiger partial charge in [0.25, 0.3) is 0 Å². The van der Waals surface area contributed by atoms with E-state index in [1.165, 1.54) is 54.7 Å². The lowest BCUT2D eigenvalue weighted by Gasteiger charge is -2.09. The minimum Gasteiger partial charge on any atom is -0.312 e. The van der Waals surface area contributed by atoms with Crippen molar-refractivity contribution in [3.63, 3.8) is 0 Å². The van der Waals surface area contributed by atoms with Crippen LogP contribution in [0.15, 0.2) is 29.2 Å². The van der Waals surface area contributed by atoms with E-state index in [0.29, 0.717) is 0 Å². The Labute approximate surface area is 136 Å². The Hall–Kier alpha value is -0.470. The fraction of sp³-hybridized carbons (Fsp3) is 0.684. The molecule has 0 saturated carbocycles. The highest BCUT2D eigenvalue weighted by atomic mass is 32.2. The maximum absolute atomic E-state index is 3.52. The lowest BCUT2D eigenvalue weighted by molar-refractivity contribution is 0.552. The van der Waals surface area contributed by atoms with Gasteiger partial charge in [0.05, 0.1) is 0 Å². The van der Waals surface area contributed by atoms with E-state index in [0.717, 1.165) is 19.0 Å². The van der Waals surface area contributed by atoms with Gasteiger partial charge < -0.3 is 5.32 Å². The van der Waals surface area contributed by atoms with Gasteiger partial charge in [-0.3, -0.25) is 0 Å². The van der Waals surface area contributed by atoms with E-state index in [9.17, 15) is 0 Å². The van der Waals surface area contributed by atoms with E-state index in [2.05, 4.69) is 50.4 Å². The van der Waals surface area contributed by atoms with Crippen LogP contribution in [0.2, 0.25) is 0 Å². The molecule has 1 N–H and O–H groups in total. The van der Waals surface area contributed by atoms with Crippen LogP contribution in [0.4, 0.5) is 0 Å². The molecule has 1 rings (SSSR count). The van der Waals surface area contributed by atoms with Crippen LogP contribution in [0.3, 0.4) is 0 Å². The lowest BCUT2D eigenvalue weighted by atomic mass is 10.1. The summed E-state index contributed by atoms with van der Waals surface area (Å²) >= 11 is 2.01. The van der Waals surface area contributed by atoms with Gasteiger partial charge in [0.2, 0.25) is 0 Å². The van der Waals surface area contributed by atoms with Crippen molar-refractivity contribution in [2.75, 3.05) is 12.3 Å². The number of unbranched alkanes of at least 4 members (excludes halogenated alkanes) is 5. The topological polar surface area (TPSA) is 12.0 Å². The summed E-state index contributed by atoms with van der Waals surface area (Å²) in [5, 5.41) is 3.52. The summed E-state index contributed by atoms with van der Waals surface area (Å²) in [5.74, 6) is 1.98. The van der Waals surface area contributed by atoms with Crippen LogP contribution in [0.1, 0.15) is 64.9 Å². The standard InChI is InChI=1S/C19H33NS/c1-4-5-6-7-8-9-13-21-19-12-10-11-18(14-19)16-20-15-17(2)3/h10-12,14,17,20H,4-9,13,15-16H2,1-3H3.